The highest BCUT2D eigenvalue weighted by molar-refractivity contribution is 7.10. The van der Waals surface area contributed by atoms with Crippen LogP contribution >= 0.6 is 11.3 Å². The first kappa shape index (κ1) is 18.5. The van der Waals surface area contributed by atoms with E-state index in [9.17, 15) is 9.59 Å². The molecule has 2 aromatic rings. The van der Waals surface area contributed by atoms with Crippen molar-refractivity contribution in [2.75, 3.05) is 32.8 Å². The maximum atomic E-state index is 12.5. The van der Waals surface area contributed by atoms with Crippen molar-refractivity contribution in [2.24, 2.45) is 0 Å². The van der Waals surface area contributed by atoms with Crippen molar-refractivity contribution in [1.82, 2.24) is 9.80 Å². The van der Waals surface area contributed by atoms with E-state index in [-0.39, 0.29) is 11.8 Å². The molecule has 26 heavy (non-hydrogen) atoms. The largest absolute Gasteiger partial charge is 0.494 e. The number of amides is 2. The molecule has 1 fully saturated rings. The Kier molecular flexibility index (Phi) is 6.28. The Balaban J connectivity index is 1.46. The fraction of sp³-hybridized carbons (Fsp3) is 0.400. The predicted molar refractivity (Wildman–Crippen MR) is 102 cm³/mol. The fourth-order valence-electron chi connectivity index (χ4n) is 3.04. The van der Waals surface area contributed by atoms with Crippen LogP contribution in [0.3, 0.4) is 0 Å². The molecule has 2 heterocycles. The molecule has 0 N–H and O–H groups in total. The molecule has 0 aliphatic carbocycles. The van der Waals surface area contributed by atoms with Gasteiger partial charge in [0.2, 0.25) is 11.8 Å². The molecule has 1 aliphatic rings. The number of benzene rings is 1. The van der Waals surface area contributed by atoms with Crippen LogP contribution in [0.15, 0.2) is 41.8 Å². The van der Waals surface area contributed by atoms with E-state index < -0.39 is 0 Å². The normalized spacial score (nSPS) is 14.3. The van der Waals surface area contributed by atoms with Gasteiger partial charge in [-0.3, -0.25) is 9.59 Å². The minimum Gasteiger partial charge on any atom is -0.494 e. The van der Waals surface area contributed by atoms with Gasteiger partial charge in [0.1, 0.15) is 5.75 Å². The molecule has 0 bridgehead atoms. The molecule has 1 aromatic heterocycles. The molecule has 1 aromatic carbocycles. The van der Waals surface area contributed by atoms with Gasteiger partial charge >= 0.3 is 0 Å². The van der Waals surface area contributed by atoms with Crippen LogP contribution in [0.2, 0.25) is 0 Å². The molecule has 0 radical (unpaired) electrons. The lowest BCUT2D eigenvalue weighted by Gasteiger charge is -2.35. The second-order valence-electron chi connectivity index (χ2n) is 6.27. The van der Waals surface area contributed by atoms with Gasteiger partial charge in [0.25, 0.3) is 0 Å². The van der Waals surface area contributed by atoms with Crippen molar-refractivity contribution in [1.29, 1.82) is 0 Å². The standard InChI is InChI=1S/C20H24N2O3S/c1-2-25-17-7-5-16(6-8-17)14-19(23)21-9-11-22(12-10-21)20(24)15-18-4-3-13-26-18/h3-8,13H,2,9-12,14-15H2,1H3. The summed E-state index contributed by atoms with van der Waals surface area (Å²) in [6.07, 6.45) is 0.841. The monoisotopic (exact) mass is 372 g/mol. The van der Waals surface area contributed by atoms with E-state index in [4.69, 9.17) is 4.74 Å². The second-order valence-corrected chi connectivity index (χ2v) is 7.30. The molecule has 138 valence electrons. The minimum atomic E-state index is 0.111. The number of carbonyl (C=O) groups is 2. The SMILES string of the molecule is CCOc1ccc(CC(=O)N2CCN(C(=O)Cc3cccs3)CC2)cc1. The van der Waals surface area contributed by atoms with Crippen LogP contribution < -0.4 is 4.74 Å². The number of thiophene rings is 1. The molecule has 0 atom stereocenters. The van der Waals surface area contributed by atoms with Crippen molar-refractivity contribution in [2.45, 2.75) is 19.8 Å². The van der Waals surface area contributed by atoms with E-state index in [1.54, 1.807) is 11.3 Å². The van der Waals surface area contributed by atoms with Crippen molar-refractivity contribution in [3.8, 4) is 5.75 Å². The molecular formula is C20H24N2O3S. The summed E-state index contributed by atoms with van der Waals surface area (Å²) in [6, 6.07) is 11.6. The quantitative estimate of drug-likeness (QED) is 0.783. The Morgan fingerprint density at radius 1 is 0.962 bits per heavy atom. The topological polar surface area (TPSA) is 49.9 Å². The first-order valence-electron chi connectivity index (χ1n) is 8.95. The van der Waals surface area contributed by atoms with Crippen molar-refractivity contribution < 1.29 is 14.3 Å². The zero-order chi connectivity index (χ0) is 18.4. The number of rotatable bonds is 6. The second kappa shape index (κ2) is 8.85. The molecule has 2 amide bonds. The number of hydrogen-bond acceptors (Lipinski definition) is 4. The van der Waals surface area contributed by atoms with Gasteiger partial charge in [-0.15, -0.1) is 11.3 Å². The number of ether oxygens (including phenoxy) is 1. The molecule has 3 rings (SSSR count). The van der Waals surface area contributed by atoms with Gasteiger partial charge in [0.05, 0.1) is 19.4 Å². The molecule has 5 nitrogen and oxygen atoms in total. The predicted octanol–water partition coefficient (Wildman–Crippen LogP) is 2.60. The van der Waals surface area contributed by atoms with Gasteiger partial charge < -0.3 is 14.5 Å². The molecule has 1 saturated heterocycles. The Hall–Kier alpha value is -2.34. The first-order valence-corrected chi connectivity index (χ1v) is 9.83. The van der Waals surface area contributed by atoms with E-state index in [1.807, 2.05) is 58.5 Å². The van der Waals surface area contributed by atoms with Gasteiger partial charge in [-0.05, 0) is 36.1 Å². The third kappa shape index (κ3) is 4.85. The van der Waals surface area contributed by atoms with Crippen molar-refractivity contribution >= 4 is 23.2 Å². The summed E-state index contributed by atoms with van der Waals surface area (Å²) >= 11 is 1.60. The third-order valence-corrected chi connectivity index (χ3v) is 5.36. The first-order chi connectivity index (χ1) is 12.7. The fourth-order valence-corrected chi connectivity index (χ4v) is 3.73. The van der Waals surface area contributed by atoms with Crippen molar-refractivity contribution in [3.63, 3.8) is 0 Å². The third-order valence-electron chi connectivity index (χ3n) is 4.48. The highest BCUT2D eigenvalue weighted by atomic mass is 32.1. The zero-order valence-electron chi connectivity index (χ0n) is 15.0. The Bertz CT molecular complexity index is 720. The van der Waals surface area contributed by atoms with Crippen LogP contribution in [-0.4, -0.2) is 54.4 Å². The smallest absolute Gasteiger partial charge is 0.227 e. The lowest BCUT2D eigenvalue weighted by atomic mass is 10.1. The van der Waals surface area contributed by atoms with Crippen LogP contribution in [0.4, 0.5) is 0 Å². The van der Waals surface area contributed by atoms with Crippen LogP contribution in [0, 0.1) is 0 Å². The van der Waals surface area contributed by atoms with Gasteiger partial charge in [0, 0.05) is 31.1 Å². The van der Waals surface area contributed by atoms with Gasteiger partial charge in [-0.1, -0.05) is 18.2 Å². The Labute approximate surface area is 158 Å². The maximum Gasteiger partial charge on any atom is 0.227 e. The average molecular weight is 372 g/mol. The van der Waals surface area contributed by atoms with Gasteiger partial charge in [-0.2, -0.15) is 0 Å². The van der Waals surface area contributed by atoms with Crippen molar-refractivity contribution in [3.05, 3.63) is 52.2 Å². The van der Waals surface area contributed by atoms with E-state index >= 15 is 0 Å². The van der Waals surface area contributed by atoms with Gasteiger partial charge in [-0.25, -0.2) is 0 Å². The Morgan fingerprint density at radius 3 is 2.12 bits per heavy atom. The van der Waals surface area contributed by atoms with E-state index in [0.29, 0.717) is 45.6 Å². The van der Waals surface area contributed by atoms with E-state index in [2.05, 4.69) is 0 Å². The number of hydrogen-bond donors (Lipinski definition) is 0. The number of carbonyl (C=O) groups excluding carboxylic acids is 2. The summed E-state index contributed by atoms with van der Waals surface area (Å²) in [5.41, 5.74) is 0.981. The lowest BCUT2D eigenvalue weighted by molar-refractivity contribution is -0.138. The molecule has 0 saturated carbocycles. The summed E-state index contributed by atoms with van der Waals surface area (Å²) in [7, 11) is 0. The summed E-state index contributed by atoms with van der Waals surface area (Å²) in [5.74, 6) is 1.08. The Morgan fingerprint density at radius 2 is 1.58 bits per heavy atom. The van der Waals surface area contributed by atoms with Crippen LogP contribution in [0.25, 0.3) is 0 Å². The lowest BCUT2D eigenvalue weighted by Crippen LogP contribution is -2.51. The molecule has 0 spiro atoms. The van der Waals surface area contributed by atoms with E-state index in [1.165, 1.54) is 0 Å². The van der Waals surface area contributed by atoms with Crippen LogP contribution in [0.5, 0.6) is 5.75 Å². The average Bonchev–Trinajstić information content (AvgIpc) is 3.16. The number of piperazine rings is 1. The van der Waals surface area contributed by atoms with Crippen LogP contribution in [-0.2, 0) is 22.4 Å². The molecule has 1 aliphatic heterocycles. The summed E-state index contributed by atoms with van der Waals surface area (Å²) in [6.45, 7) is 5.01. The summed E-state index contributed by atoms with van der Waals surface area (Å²) < 4.78 is 5.42. The molecule has 0 unspecified atom stereocenters. The molecular weight excluding hydrogens is 348 g/mol. The molecule has 6 heteroatoms. The highest BCUT2D eigenvalue weighted by Gasteiger charge is 2.24. The minimum absolute atomic E-state index is 0.111. The number of nitrogens with zero attached hydrogens (tertiary/aromatic N) is 2. The maximum absolute atomic E-state index is 12.5. The van der Waals surface area contributed by atoms with Gasteiger partial charge in [0.15, 0.2) is 0 Å². The summed E-state index contributed by atoms with van der Waals surface area (Å²) in [4.78, 5) is 29.6. The highest BCUT2D eigenvalue weighted by Crippen LogP contribution is 2.15. The van der Waals surface area contributed by atoms with Crippen LogP contribution in [0.1, 0.15) is 17.4 Å². The van der Waals surface area contributed by atoms with E-state index in [0.717, 1.165) is 16.2 Å². The summed E-state index contributed by atoms with van der Waals surface area (Å²) in [5, 5.41) is 1.99. The zero-order valence-corrected chi connectivity index (χ0v) is 15.8.